The Morgan fingerprint density at radius 2 is 0.692 bits per heavy atom. The molecule has 0 rings (SSSR count). The molecule has 0 atom stereocenters. The van der Waals surface area contributed by atoms with E-state index >= 15 is 0 Å². The zero-order valence-corrected chi connectivity index (χ0v) is 12.3. The van der Waals surface area contributed by atoms with Gasteiger partial charge in [-0.25, -0.2) is 0 Å². The topological polar surface area (TPSA) is 0 Å². The van der Waals surface area contributed by atoms with Crippen LogP contribution in [0.3, 0.4) is 0 Å². The Hall–Kier alpha value is 0.766. The van der Waals surface area contributed by atoms with E-state index in [1.165, 1.54) is 11.8 Å². The van der Waals surface area contributed by atoms with Crippen LogP contribution in [0.1, 0.15) is 55.4 Å². The molecule has 0 spiro atoms. The Labute approximate surface area is 102 Å². The summed E-state index contributed by atoms with van der Waals surface area (Å²) in [7, 11) is 0. The van der Waals surface area contributed by atoms with Crippen molar-refractivity contribution in [3.8, 4) is 0 Å². The van der Waals surface area contributed by atoms with Gasteiger partial charge in [0.15, 0.2) is 0 Å². The smallest absolute Gasteiger partial charge is 0.317 e. The van der Waals surface area contributed by atoms with Crippen molar-refractivity contribution in [3.05, 3.63) is 11.8 Å². The molecule has 0 radical (unpaired) electrons. The second kappa shape index (κ2) is 10.8. The first-order valence-electron chi connectivity index (χ1n) is 4.89. The van der Waals surface area contributed by atoms with Crippen LogP contribution in [-0.2, 0) is 0 Å². The molecule has 0 aliphatic carbocycles. The van der Waals surface area contributed by atoms with Crippen LogP contribution < -0.4 is 0 Å². The van der Waals surface area contributed by atoms with Crippen LogP contribution in [0, 0.1) is 23.7 Å². The van der Waals surface area contributed by atoms with Gasteiger partial charge < -0.3 is 11.8 Å². The van der Waals surface area contributed by atoms with Gasteiger partial charge in [-0.1, -0.05) is 27.7 Å². The fraction of sp³-hybridized carbons (Fsp3) is 0.833. The fourth-order valence-corrected chi connectivity index (χ4v) is 0. The summed E-state index contributed by atoms with van der Waals surface area (Å²) in [5.74, 6) is 4.56. The van der Waals surface area contributed by atoms with Crippen LogP contribution >= 0.6 is 0 Å². The Kier molecular flexibility index (Phi) is 16.1. The molecule has 13 heavy (non-hydrogen) atoms. The largest absolute Gasteiger partial charge is 2.00 e. The maximum Gasteiger partial charge on any atom is 2.00 e. The summed E-state index contributed by atoms with van der Waals surface area (Å²) < 4.78 is 0. The second-order valence-corrected chi connectivity index (χ2v) is 4.46. The van der Waals surface area contributed by atoms with E-state index in [-0.39, 0.29) is 23.1 Å². The Morgan fingerprint density at radius 1 is 0.615 bits per heavy atom. The summed E-state index contributed by atoms with van der Waals surface area (Å²) in [5, 5.41) is 0. The minimum atomic E-state index is 0. The summed E-state index contributed by atoms with van der Waals surface area (Å²) in [6.45, 7) is 17.4. The van der Waals surface area contributed by atoms with Crippen molar-refractivity contribution in [3.63, 3.8) is 0 Å². The molecule has 0 N–H and O–H groups in total. The van der Waals surface area contributed by atoms with Crippen LogP contribution in [0.25, 0.3) is 0 Å². The van der Waals surface area contributed by atoms with Gasteiger partial charge in [-0.3, -0.25) is 0 Å². The van der Waals surface area contributed by atoms with Crippen LogP contribution in [0.2, 0.25) is 0 Å². The van der Waals surface area contributed by atoms with E-state index < -0.39 is 0 Å². The SMILES string of the molecule is C[C-](C)C(C)C.C[C-](C)C(C)C.[Mg+2]. The molecule has 0 aromatic rings. The Balaban J connectivity index is -0.000000143. The summed E-state index contributed by atoms with van der Waals surface area (Å²) >= 11 is 0. The van der Waals surface area contributed by atoms with Crippen molar-refractivity contribution in [2.45, 2.75) is 55.4 Å². The summed E-state index contributed by atoms with van der Waals surface area (Å²) in [6.07, 6.45) is 0. The number of hydrogen-bond donors (Lipinski definition) is 0. The van der Waals surface area contributed by atoms with E-state index in [2.05, 4.69) is 55.4 Å². The zero-order valence-electron chi connectivity index (χ0n) is 10.9. The first-order chi connectivity index (χ1) is 5.29. The normalized spacial score (nSPS) is 10.2. The van der Waals surface area contributed by atoms with Gasteiger partial charge in [-0.05, 0) is 0 Å². The van der Waals surface area contributed by atoms with Crippen LogP contribution in [0.5, 0.6) is 0 Å². The first-order valence-corrected chi connectivity index (χ1v) is 4.89. The summed E-state index contributed by atoms with van der Waals surface area (Å²) in [4.78, 5) is 0. The van der Waals surface area contributed by atoms with E-state index in [4.69, 9.17) is 0 Å². The van der Waals surface area contributed by atoms with Gasteiger partial charge >= 0.3 is 23.1 Å². The molecule has 0 aromatic heterocycles. The maximum atomic E-state index is 2.20. The van der Waals surface area contributed by atoms with Crippen LogP contribution in [0.15, 0.2) is 0 Å². The van der Waals surface area contributed by atoms with Gasteiger partial charge in [0.25, 0.3) is 0 Å². The molecule has 0 aliphatic rings. The zero-order chi connectivity index (χ0) is 10.3. The minimum absolute atomic E-state index is 0. The number of rotatable bonds is 2. The van der Waals surface area contributed by atoms with Crippen molar-refractivity contribution in [2.75, 3.05) is 0 Å². The first kappa shape index (κ1) is 19.4. The second-order valence-electron chi connectivity index (χ2n) is 4.46. The molecule has 1 heteroatoms. The van der Waals surface area contributed by atoms with E-state index in [0.717, 1.165) is 11.8 Å². The van der Waals surface area contributed by atoms with Crippen molar-refractivity contribution in [1.29, 1.82) is 0 Å². The third-order valence-electron chi connectivity index (χ3n) is 2.31. The Morgan fingerprint density at radius 3 is 0.692 bits per heavy atom. The van der Waals surface area contributed by atoms with E-state index in [0.29, 0.717) is 0 Å². The van der Waals surface area contributed by atoms with E-state index in [1.54, 1.807) is 0 Å². The molecule has 0 aliphatic heterocycles. The van der Waals surface area contributed by atoms with Gasteiger partial charge in [0.05, 0.1) is 0 Å². The van der Waals surface area contributed by atoms with Gasteiger partial charge in [0.2, 0.25) is 0 Å². The van der Waals surface area contributed by atoms with Crippen molar-refractivity contribution in [1.82, 2.24) is 0 Å². The standard InChI is InChI=1S/2C6H13.Mg/c2*1-5(2)6(3)4;/h2*5H,1-4H3;/q2*-1;+2. The predicted molar refractivity (Wildman–Crippen MR) is 64.6 cm³/mol. The van der Waals surface area contributed by atoms with Crippen LogP contribution in [-0.4, -0.2) is 23.1 Å². The minimum Gasteiger partial charge on any atom is -0.317 e. The molecule has 0 saturated carbocycles. The van der Waals surface area contributed by atoms with Gasteiger partial charge in [-0.15, -0.1) is 0 Å². The Bertz CT molecular complexity index is 59.1. The van der Waals surface area contributed by atoms with Gasteiger partial charge in [0.1, 0.15) is 0 Å². The molecular formula is C12H26Mg. The third-order valence-corrected chi connectivity index (χ3v) is 2.31. The molecule has 0 aromatic carbocycles. The quantitative estimate of drug-likeness (QED) is 0.458. The molecule has 76 valence electrons. The predicted octanol–water partition coefficient (Wildman–Crippen LogP) is 4.13. The van der Waals surface area contributed by atoms with Gasteiger partial charge in [0, 0.05) is 0 Å². The summed E-state index contributed by atoms with van der Waals surface area (Å²) in [6, 6.07) is 0. The van der Waals surface area contributed by atoms with E-state index in [9.17, 15) is 0 Å². The van der Waals surface area contributed by atoms with Crippen molar-refractivity contribution >= 4 is 23.1 Å². The molecule has 0 unspecified atom stereocenters. The maximum absolute atomic E-state index is 2.20. The fourth-order valence-electron chi connectivity index (χ4n) is 0. The monoisotopic (exact) mass is 194 g/mol. The molecule has 0 amide bonds. The molecule has 0 heterocycles. The van der Waals surface area contributed by atoms with Gasteiger partial charge in [-0.2, -0.15) is 39.5 Å². The van der Waals surface area contributed by atoms with Crippen molar-refractivity contribution < 1.29 is 0 Å². The third kappa shape index (κ3) is 19.3. The molecule has 0 fully saturated rings. The molecule has 0 nitrogen and oxygen atoms in total. The average Bonchev–Trinajstić information content (AvgIpc) is 1.88. The molecule has 0 saturated heterocycles. The molecule has 0 bridgehead atoms. The number of hydrogen-bond acceptors (Lipinski definition) is 0. The summed E-state index contributed by atoms with van der Waals surface area (Å²) in [5.41, 5.74) is 0. The van der Waals surface area contributed by atoms with Crippen molar-refractivity contribution in [2.24, 2.45) is 11.8 Å². The van der Waals surface area contributed by atoms with E-state index in [1.807, 2.05) is 0 Å². The molecular weight excluding hydrogens is 168 g/mol. The van der Waals surface area contributed by atoms with Crippen LogP contribution in [0.4, 0.5) is 0 Å². The average molecular weight is 195 g/mol.